The molecule has 0 aliphatic rings. The minimum Gasteiger partial charge on any atom is -0.341 e. The summed E-state index contributed by atoms with van der Waals surface area (Å²) in [5.41, 5.74) is 1.59. The number of carbonyl (C=O) groups is 1. The van der Waals surface area contributed by atoms with Crippen molar-refractivity contribution in [3.05, 3.63) is 83.2 Å². The second-order valence-corrected chi connectivity index (χ2v) is 7.08. The van der Waals surface area contributed by atoms with E-state index < -0.39 is 0 Å². The van der Waals surface area contributed by atoms with Crippen LogP contribution in [0.1, 0.15) is 5.56 Å². The lowest BCUT2D eigenvalue weighted by atomic mass is 10.2. The molecule has 1 heterocycles. The molecule has 3 aromatic rings. The number of hydrogen-bond donors (Lipinski definition) is 0. The van der Waals surface area contributed by atoms with Crippen LogP contribution < -0.4 is 5.56 Å². The van der Waals surface area contributed by atoms with Gasteiger partial charge in [0.15, 0.2) is 5.16 Å². The summed E-state index contributed by atoms with van der Waals surface area (Å²) in [6.45, 7) is 4.62. The van der Waals surface area contributed by atoms with Crippen molar-refractivity contribution in [2.75, 3.05) is 12.8 Å². The maximum absolute atomic E-state index is 12.7. The third-order valence-electron chi connectivity index (χ3n) is 4.15. The fourth-order valence-electron chi connectivity index (χ4n) is 2.73. The van der Waals surface area contributed by atoms with E-state index in [0.29, 0.717) is 29.1 Å². The Bertz CT molecular complexity index is 1010. The first-order valence-electron chi connectivity index (χ1n) is 8.61. The third kappa shape index (κ3) is 4.46. The summed E-state index contributed by atoms with van der Waals surface area (Å²) >= 11 is 1.28. The van der Waals surface area contributed by atoms with Gasteiger partial charge in [-0.05, 0) is 17.7 Å². The summed E-state index contributed by atoms with van der Waals surface area (Å²) in [5, 5.41) is 1.09. The number of carbonyl (C=O) groups excluding carboxylic acids is 1. The minimum atomic E-state index is -0.118. The summed E-state index contributed by atoms with van der Waals surface area (Å²) in [4.78, 5) is 31.5. The lowest BCUT2D eigenvalue weighted by molar-refractivity contribution is -0.127. The van der Waals surface area contributed by atoms with Crippen LogP contribution in [0.4, 0.5) is 0 Å². The van der Waals surface area contributed by atoms with Crippen molar-refractivity contribution in [1.82, 2.24) is 14.5 Å². The van der Waals surface area contributed by atoms with Crippen molar-refractivity contribution in [2.45, 2.75) is 18.2 Å². The molecule has 0 radical (unpaired) electrons. The number of allylic oxidation sites excluding steroid dienone is 1. The van der Waals surface area contributed by atoms with Crippen LogP contribution in [0.5, 0.6) is 0 Å². The van der Waals surface area contributed by atoms with E-state index in [2.05, 4.69) is 11.6 Å². The van der Waals surface area contributed by atoms with E-state index in [4.69, 9.17) is 0 Å². The Balaban J connectivity index is 1.77. The Kier molecular flexibility index (Phi) is 6.08. The number of nitrogens with zero attached hydrogens (tertiary/aromatic N) is 3. The molecule has 2 aromatic carbocycles. The van der Waals surface area contributed by atoms with E-state index in [1.54, 1.807) is 28.7 Å². The van der Waals surface area contributed by atoms with Crippen molar-refractivity contribution < 1.29 is 4.79 Å². The van der Waals surface area contributed by atoms with Crippen LogP contribution in [0.3, 0.4) is 0 Å². The summed E-state index contributed by atoms with van der Waals surface area (Å²) in [6, 6.07) is 17.1. The van der Waals surface area contributed by atoms with Gasteiger partial charge in [0, 0.05) is 20.1 Å². The molecule has 0 unspecified atom stereocenters. The lowest BCUT2D eigenvalue weighted by Crippen LogP contribution is -2.28. The topological polar surface area (TPSA) is 55.2 Å². The van der Waals surface area contributed by atoms with E-state index in [9.17, 15) is 9.59 Å². The SMILES string of the molecule is C=CCn1c(SCC(=O)N(C)Cc2ccccc2)nc2ccccc2c1=O. The molecule has 27 heavy (non-hydrogen) atoms. The van der Waals surface area contributed by atoms with Gasteiger partial charge < -0.3 is 4.90 Å². The highest BCUT2D eigenvalue weighted by Gasteiger charge is 2.14. The molecular formula is C21H21N3O2S. The van der Waals surface area contributed by atoms with Crippen molar-refractivity contribution in [3.63, 3.8) is 0 Å². The number of rotatable bonds is 7. The molecule has 1 aromatic heterocycles. The average Bonchev–Trinajstić information content (AvgIpc) is 2.69. The predicted octanol–water partition coefficient (Wildman–Crippen LogP) is 3.33. The Labute approximate surface area is 162 Å². The molecule has 1 amide bonds. The third-order valence-corrected chi connectivity index (χ3v) is 5.11. The first-order valence-corrected chi connectivity index (χ1v) is 9.60. The molecule has 0 fully saturated rings. The number of hydrogen-bond acceptors (Lipinski definition) is 4. The van der Waals surface area contributed by atoms with Gasteiger partial charge in [0.2, 0.25) is 5.91 Å². The molecule has 0 bridgehead atoms. The molecule has 3 rings (SSSR count). The molecule has 138 valence electrons. The number of fused-ring (bicyclic) bond motifs is 1. The van der Waals surface area contributed by atoms with Gasteiger partial charge in [-0.2, -0.15) is 0 Å². The first kappa shape index (κ1) is 18.9. The highest BCUT2D eigenvalue weighted by atomic mass is 32.2. The van der Waals surface area contributed by atoms with Gasteiger partial charge in [-0.25, -0.2) is 4.98 Å². The number of thioether (sulfide) groups is 1. The van der Waals surface area contributed by atoms with Crippen LogP contribution in [0.2, 0.25) is 0 Å². The smallest absolute Gasteiger partial charge is 0.262 e. The van der Waals surface area contributed by atoms with Gasteiger partial charge in [-0.1, -0.05) is 60.3 Å². The van der Waals surface area contributed by atoms with E-state index in [0.717, 1.165) is 5.56 Å². The van der Waals surface area contributed by atoms with E-state index in [1.165, 1.54) is 11.8 Å². The van der Waals surface area contributed by atoms with Gasteiger partial charge in [0.25, 0.3) is 5.56 Å². The number of aromatic nitrogens is 2. The summed E-state index contributed by atoms with van der Waals surface area (Å²) in [6.07, 6.45) is 1.66. The molecular weight excluding hydrogens is 358 g/mol. The highest BCUT2D eigenvalue weighted by molar-refractivity contribution is 7.99. The second kappa shape index (κ2) is 8.68. The van der Waals surface area contributed by atoms with Gasteiger partial charge in [0.05, 0.1) is 16.7 Å². The molecule has 0 aliphatic heterocycles. The van der Waals surface area contributed by atoms with Crippen LogP contribution in [-0.2, 0) is 17.9 Å². The molecule has 0 saturated heterocycles. The van der Waals surface area contributed by atoms with Crippen LogP contribution in [0, 0.1) is 0 Å². The van der Waals surface area contributed by atoms with Gasteiger partial charge in [-0.15, -0.1) is 6.58 Å². The fraction of sp³-hybridized carbons (Fsp3) is 0.190. The van der Waals surface area contributed by atoms with Gasteiger partial charge >= 0.3 is 0 Å². The molecule has 0 spiro atoms. The van der Waals surface area contributed by atoms with E-state index >= 15 is 0 Å². The maximum atomic E-state index is 12.7. The molecule has 6 heteroatoms. The Morgan fingerprint density at radius 3 is 2.63 bits per heavy atom. The summed E-state index contributed by atoms with van der Waals surface area (Å²) in [5.74, 6) is 0.196. The Morgan fingerprint density at radius 1 is 1.19 bits per heavy atom. The predicted molar refractivity (Wildman–Crippen MR) is 110 cm³/mol. The second-order valence-electron chi connectivity index (χ2n) is 6.14. The zero-order valence-corrected chi connectivity index (χ0v) is 16.0. The first-order chi connectivity index (χ1) is 13.1. The lowest BCUT2D eigenvalue weighted by Gasteiger charge is -2.17. The van der Waals surface area contributed by atoms with Crippen LogP contribution >= 0.6 is 11.8 Å². The van der Waals surface area contributed by atoms with E-state index in [-0.39, 0.29) is 17.2 Å². The van der Waals surface area contributed by atoms with Crippen molar-refractivity contribution in [3.8, 4) is 0 Å². The van der Waals surface area contributed by atoms with Crippen LogP contribution in [0.25, 0.3) is 10.9 Å². The molecule has 0 N–H and O–H groups in total. The van der Waals surface area contributed by atoms with Crippen LogP contribution in [0.15, 0.2) is 77.2 Å². The van der Waals surface area contributed by atoms with Crippen LogP contribution in [-0.4, -0.2) is 33.2 Å². The molecule has 5 nitrogen and oxygen atoms in total. The van der Waals surface area contributed by atoms with Gasteiger partial charge in [-0.3, -0.25) is 14.2 Å². The minimum absolute atomic E-state index is 0.0172. The Hall–Kier alpha value is -2.86. The molecule has 0 aliphatic carbocycles. The normalized spacial score (nSPS) is 10.7. The fourth-order valence-corrected chi connectivity index (χ4v) is 3.68. The summed E-state index contributed by atoms with van der Waals surface area (Å²) in [7, 11) is 1.78. The Morgan fingerprint density at radius 2 is 1.89 bits per heavy atom. The van der Waals surface area contributed by atoms with Crippen molar-refractivity contribution in [1.29, 1.82) is 0 Å². The molecule has 0 atom stereocenters. The average molecular weight is 379 g/mol. The quantitative estimate of drug-likeness (QED) is 0.359. The van der Waals surface area contributed by atoms with E-state index in [1.807, 2.05) is 48.5 Å². The largest absolute Gasteiger partial charge is 0.341 e. The highest BCUT2D eigenvalue weighted by Crippen LogP contribution is 2.18. The maximum Gasteiger partial charge on any atom is 0.262 e. The zero-order chi connectivity index (χ0) is 19.2. The van der Waals surface area contributed by atoms with Crippen molar-refractivity contribution >= 4 is 28.6 Å². The standard InChI is InChI=1S/C21H21N3O2S/c1-3-13-24-20(26)17-11-7-8-12-18(17)22-21(24)27-15-19(25)23(2)14-16-9-5-4-6-10-16/h3-12H,1,13-15H2,2H3. The zero-order valence-electron chi connectivity index (χ0n) is 15.2. The number of benzene rings is 2. The number of amides is 1. The summed E-state index contributed by atoms with van der Waals surface area (Å²) < 4.78 is 1.56. The number of para-hydroxylation sites is 1. The molecule has 0 saturated carbocycles. The monoisotopic (exact) mass is 379 g/mol. The van der Waals surface area contributed by atoms with Crippen molar-refractivity contribution in [2.24, 2.45) is 0 Å². The van der Waals surface area contributed by atoms with Gasteiger partial charge in [0.1, 0.15) is 0 Å².